The summed E-state index contributed by atoms with van der Waals surface area (Å²) in [6.45, 7) is 0. The second kappa shape index (κ2) is 6.11. The molecule has 100 valence electrons. The largest absolute Gasteiger partial charge is 0.224 e. The van der Waals surface area contributed by atoms with Crippen LogP contribution in [0.3, 0.4) is 0 Å². The Balaban J connectivity index is 2.21. The highest BCUT2D eigenvalue weighted by atomic mass is 79.9. The predicted molar refractivity (Wildman–Crippen MR) is 83.3 cm³/mol. The lowest BCUT2D eigenvalue weighted by Gasteiger charge is -2.07. The topological polar surface area (TPSA) is 34.1 Å². The van der Waals surface area contributed by atoms with Crippen LogP contribution in [0.25, 0.3) is 0 Å². The van der Waals surface area contributed by atoms with Crippen molar-refractivity contribution in [3.8, 4) is 0 Å². The van der Waals surface area contributed by atoms with Crippen molar-refractivity contribution in [2.24, 2.45) is 0 Å². The highest BCUT2D eigenvalue weighted by Gasteiger charge is 2.12. The highest BCUT2D eigenvalue weighted by Crippen LogP contribution is 2.29. The smallest absolute Gasteiger partial charge is 0.176 e. The Morgan fingerprint density at radius 2 is 1.84 bits per heavy atom. The number of halogens is 1. The van der Waals surface area contributed by atoms with Gasteiger partial charge in [-0.3, -0.25) is 0 Å². The molecule has 0 spiro atoms. The van der Waals surface area contributed by atoms with E-state index in [0.717, 1.165) is 20.7 Å². The molecule has 0 fully saturated rings. The minimum absolute atomic E-state index is 0.398. The number of hydrogen-bond donors (Lipinski definition) is 0. The third-order valence-corrected chi connectivity index (χ3v) is 5.45. The molecule has 2 rings (SSSR count). The van der Waals surface area contributed by atoms with E-state index in [1.54, 1.807) is 12.1 Å². The number of thioether (sulfide) groups is 1. The van der Waals surface area contributed by atoms with Crippen molar-refractivity contribution in [1.82, 2.24) is 0 Å². The lowest BCUT2D eigenvalue weighted by atomic mass is 10.2. The van der Waals surface area contributed by atoms with Gasteiger partial charge in [0.1, 0.15) is 0 Å². The summed E-state index contributed by atoms with van der Waals surface area (Å²) in [6.07, 6.45) is 1.24. The number of benzene rings is 2. The molecular weight excluding hydrogens is 344 g/mol. The standard InChI is InChI=1S/C14H13BrO2S2/c1-19(16,17)14-8-3-2-7-13(14)18-10-11-5-4-6-12(15)9-11/h2-9H,10H2,1H3. The molecule has 0 N–H and O–H groups in total. The molecule has 0 radical (unpaired) electrons. The Morgan fingerprint density at radius 3 is 2.53 bits per heavy atom. The van der Waals surface area contributed by atoms with E-state index < -0.39 is 9.84 Å². The minimum atomic E-state index is -3.18. The quantitative estimate of drug-likeness (QED) is 0.771. The van der Waals surface area contributed by atoms with Crippen LogP contribution >= 0.6 is 27.7 Å². The lowest BCUT2D eigenvalue weighted by molar-refractivity contribution is 0.600. The van der Waals surface area contributed by atoms with Crippen LogP contribution in [0.2, 0.25) is 0 Å². The fourth-order valence-electron chi connectivity index (χ4n) is 1.66. The summed E-state index contributed by atoms with van der Waals surface area (Å²) < 4.78 is 24.4. The fourth-order valence-corrected chi connectivity index (χ4v) is 4.39. The molecule has 0 atom stereocenters. The predicted octanol–water partition coefficient (Wildman–Crippen LogP) is 4.14. The van der Waals surface area contributed by atoms with Gasteiger partial charge < -0.3 is 0 Å². The molecule has 0 amide bonds. The molecule has 0 aliphatic rings. The van der Waals surface area contributed by atoms with E-state index in [2.05, 4.69) is 15.9 Å². The summed E-state index contributed by atoms with van der Waals surface area (Å²) in [5.74, 6) is 0.742. The van der Waals surface area contributed by atoms with E-state index in [4.69, 9.17) is 0 Å². The molecule has 0 bridgehead atoms. The van der Waals surface area contributed by atoms with Crippen LogP contribution in [0, 0.1) is 0 Å². The van der Waals surface area contributed by atoms with Crippen LogP contribution < -0.4 is 0 Å². The normalized spacial score (nSPS) is 11.5. The Morgan fingerprint density at radius 1 is 1.11 bits per heavy atom. The van der Waals surface area contributed by atoms with Crippen LogP contribution in [0.4, 0.5) is 0 Å². The molecule has 2 nitrogen and oxygen atoms in total. The molecule has 5 heteroatoms. The van der Waals surface area contributed by atoms with Crippen molar-refractivity contribution >= 4 is 37.5 Å². The van der Waals surface area contributed by atoms with Gasteiger partial charge in [0, 0.05) is 21.4 Å². The monoisotopic (exact) mass is 356 g/mol. The fraction of sp³-hybridized carbons (Fsp3) is 0.143. The molecule has 0 aliphatic heterocycles. The molecule has 0 saturated carbocycles. The first-order valence-corrected chi connectivity index (χ1v) is 9.30. The van der Waals surface area contributed by atoms with Gasteiger partial charge >= 0.3 is 0 Å². The van der Waals surface area contributed by atoms with Crippen LogP contribution in [-0.4, -0.2) is 14.7 Å². The van der Waals surface area contributed by atoms with Gasteiger partial charge in [-0.15, -0.1) is 11.8 Å². The summed E-state index contributed by atoms with van der Waals surface area (Å²) in [7, 11) is -3.18. The zero-order valence-electron chi connectivity index (χ0n) is 10.3. The Hall–Kier alpha value is -0.780. The van der Waals surface area contributed by atoms with E-state index in [0.29, 0.717) is 4.90 Å². The third-order valence-electron chi connectivity index (χ3n) is 2.53. The summed E-state index contributed by atoms with van der Waals surface area (Å²) in [5, 5.41) is 0. The molecule has 2 aromatic rings. The minimum Gasteiger partial charge on any atom is -0.224 e. The summed E-state index contributed by atoms with van der Waals surface area (Å²) in [5.41, 5.74) is 1.16. The van der Waals surface area contributed by atoms with E-state index >= 15 is 0 Å². The van der Waals surface area contributed by atoms with Gasteiger partial charge in [-0.2, -0.15) is 0 Å². The van der Waals surface area contributed by atoms with E-state index in [1.165, 1.54) is 18.0 Å². The Bertz CT molecular complexity index is 681. The van der Waals surface area contributed by atoms with Gasteiger partial charge in [0.2, 0.25) is 0 Å². The third kappa shape index (κ3) is 4.09. The van der Waals surface area contributed by atoms with Crippen LogP contribution in [0.1, 0.15) is 5.56 Å². The van der Waals surface area contributed by atoms with Crippen molar-refractivity contribution in [3.63, 3.8) is 0 Å². The zero-order chi connectivity index (χ0) is 13.9. The Labute approximate surface area is 126 Å². The average Bonchev–Trinajstić information content (AvgIpc) is 2.36. The molecule has 2 aromatic carbocycles. The average molecular weight is 357 g/mol. The van der Waals surface area contributed by atoms with Gasteiger partial charge in [-0.25, -0.2) is 8.42 Å². The van der Waals surface area contributed by atoms with Crippen molar-refractivity contribution in [2.75, 3.05) is 6.26 Å². The Kier molecular flexibility index (Phi) is 4.71. The maximum atomic E-state index is 11.7. The molecular formula is C14H13BrO2S2. The van der Waals surface area contributed by atoms with Crippen LogP contribution in [0.5, 0.6) is 0 Å². The van der Waals surface area contributed by atoms with Gasteiger partial charge in [0.15, 0.2) is 9.84 Å². The van der Waals surface area contributed by atoms with Crippen molar-refractivity contribution in [1.29, 1.82) is 0 Å². The van der Waals surface area contributed by atoms with E-state index in [1.807, 2.05) is 36.4 Å². The second-order valence-electron chi connectivity index (χ2n) is 4.14. The van der Waals surface area contributed by atoms with Crippen molar-refractivity contribution in [2.45, 2.75) is 15.5 Å². The molecule has 0 aliphatic carbocycles. The van der Waals surface area contributed by atoms with Crippen molar-refractivity contribution < 1.29 is 8.42 Å². The number of hydrogen-bond acceptors (Lipinski definition) is 3. The van der Waals surface area contributed by atoms with Gasteiger partial charge in [0.25, 0.3) is 0 Å². The molecule has 19 heavy (non-hydrogen) atoms. The SMILES string of the molecule is CS(=O)(=O)c1ccccc1SCc1cccc(Br)c1. The van der Waals surface area contributed by atoms with Crippen molar-refractivity contribution in [3.05, 3.63) is 58.6 Å². The molecule has 0 aromatic heterocycles. The first-order chi connectivity index (χ1) is 8.97. The summed E-state index contributed by atoms with van der Waals surface area (Å²) in [6, 6.07) is 15.1. The highest BCUT2D eigenvalue weighted by molar-refractivity contribution is 9.10. The van der Waals surface area contributed by atoms with Gasteiger partial charge in [0.05, 0.1) is 4.90 Å². The molecule has 0 saturated heterocycles. The molecule has 0 unspecified atom stereocenters. The summed E-state index contributed by atoms with van der Waals surface area (Å²) in [4.78, 5) is 1.19. The maximum absolute atomic E-state index is 11.7. The number of rotatable bonds is 4. The van der Waals surface area contributed by atoms with E-state index in [-0.39, 0.29) is 0 Å². The van der Waals surface area contributed by atoms with Crippen LogP contribution in [0.15, 0.2) is 62.8 Å². The maximum Gasteiger partial charge on any atom is 0.176 e. The zero-order valence-corrected chi connectivity index (χ0v) is 13.6. The second-order valence-corrected chi connectivity index (χ2v) is 8.05. The van der Waals surface area contributed by atoms with E-state index in [9.17, 15) is 8.42 Å². The lowest BCUT2D eigenvalue weighted by Crippen LogP contribution is -1.99. The first kappa shape index (κ1) is 14.6. The van der Waals surface area contributed by atoms with Gasteiger partial charge in [-0.1, -0.05) is 40.2 Å². The first-order valence-electron chi connectivity index (χ1n) is 5.63. The van der Waals surface area contributed by atoms with Crippen LogP contribution in [-0.2, 0) is 15.6 Å². The van der Waals surface area contributed by atoms with Gasteiger partial charge in [-0.05, 0) is 29.8 Å². The molecule has 0 heterocycles. The summed E-state index contributed by atoms with van der Waals surface area (Å²) >= 11 is 4.97. The number of sulfone groups is 1.